The molecule has 3 rings (SSSR count). The summed E-state index contributed by atoms with van der Waals surface area (Å²) >= 11 is 0. The minimum absolute atomic E-state index is 0.188. The number of esters is 1. The van der Waals surface area contributed by atoms with Crippen LogP contribution in [0.4, 0.5) is 0 Å². The van der Waals surface area contributed by atoms with Crippen molar-refractivity contribution in [2.75, 3.05) is 26.9 Å². The Kier molecular flexibility index (Phi) is 5.80. The first kappa shape index (κ1) is 18.6. The van der Waals surface area contributed by atoms with Crippen molar-refractivity contribution in [2.45, 2.75) is 13.0 Å². The summed E-state index contributed by atoms with van der Waals surface area (Å²) in [6.45, 7) is 2.27. The van der Waals surface area contributed by atoms with Gasteiger partial charge in [-0.2, -0.15) is 0 Å². The molecule has 1 amide bonds. The van der Waals surface area contributed by atoms with Crippen molar-refractivity contribution in [3.63, 3.8) is 0 Å². The first-order chi connectivity index (χ1) is 13.1. The zero-order valence-corrected chi connectivity index (χ0v) is 15.2. The summed E-state index contributed by atoms with van der Waals surface area (Å²) in [7, 11) is 1.47. The lowest BCUT2D eigenvalue weighted by Gasteiger charge is -2.21. The van der Waals surface area contributed by atoms with Crippen LogP contribution in [0.3, 0.4) is 0 Å². The second-order valence-corrected chi connectivity index (χ2v) is 5.98. The molecule has 1 aliphatic heterocycles. The van der Waals surface area contributed by atoms with Crippen LogP contribution < -0.4 is 19.5 Å². The highest BCUT2D eigenvalue weighted by molar-refractivity contribution is 5.92. The van der Waals surface area contributed by atoms with Crippen molar-refractivity contribution in [3.8, 4) is 17.2 Å². The number of nitrogens with one attached hydrogen (secondary N) is 1. The number of fused-ring (bicyclic) bond motifs is 1. The van der Waals surface area contributed by atoms with Gasteiger partial charge in [0.1, 0.15) is 13.2 Å². The molecule has 0 radical (unpaired) electrons. The molecule has 1 heterocycles. The van der Waals surface area contributed by atoms with Gasteiger partial charge in [0.05, 0.1) is 18.7 Å². The Labute approximate surface area is 157 Å². The predicted molar refractivity (Wildman–Crippen MR) is 97.3 cm³/mol. The van der Waals surface area contributed by atoms with Gasteiger partial charge in [0, 0.05) is 0 Å². The molecule has 0 saturated carbocycles. The van der Waals surface area contributed by atoms with Crippen LogP contribution in [-0.2, 0) is 9.53 Å². The maximum Gasteiger partial charge on any atom is 0.338 e. The van der Waals surface area contributed by atoms with Gasteiger partial charge in [-0.3, -0.25) is 4.79 Å². The van der Waals surface area contributed by atoms with Gasteiger partial charge in [0.25, 0.3) is 5.91 Å². The third kappa shape index (κ3) is 4.49. The van der Waals surface area contributed by atoms with E-state index >= 15 is 0 Å². The van der Waals surface area contributed by atoms with Crippen LogP contribution in [0.5, 0.6) is 17.2 Å². The number of hydrogen-bond acceptors (Lipinski definition) is 6. The van der Waals surface area contributed by atoms with E-state index in [0.29, 0.717) is 30.5 Å². The molecule has 7 nitrogen and oxygen atoms in total. The minimum Gasteiger partial charge on any atom is -0.493 e. The Morgan fingerprint density at radius 1 is 1.15 bits per heavy atom. The molecule has 0 aliphatic carbocycles. The molecule has 1 atom stereocenters. The Morgan fingerprint density at radius 3 is 2.63 bits per heavy atom. The summed E-state index contributed by atoms with van der Waals surface area (Å²) in [5.74, 6) is 0.211. The van der Waals surface area contributed by atoms with Crippen LogP contribution in [0.15, 0.2) is 42.5 Å². The first-order valence-corrected chi connectivity index (χ1v) is 8.57. The van der Waals surface area contributed by atoms with Crippen molar-refractivity contribution in [3.05, 3.63) is 53.6 Å². The van der Waals surface area contributed by atoms with Gasteiger partial charge in [-0.15, -0.1) is 0 Å². The number of rotatable bonds is 6. The van der Waals surface area contributed by atoms with Crippen LogP contribution in [0, 0.1) is 0 Å². The molecule has 1 aliphatic rings. The van der Waals surface area contributed by atoms with Crippen molar-refractivity contribution < 1.29 is 28.5 Å². The van der Waals surface area contributed by atoms with Crippen LogP contribution in [0.2, 0.25) is 0 Å². The number of amides is 1. The van der Waals surface area contributed by atoms with E-state index in [9.17, 15) is 9.59 Å². The van der Waals surface area contributed by atoms with E-state index in [2.05, 4.69) is 5.32 Å². The molecule has 2 aromatic carbocycles. The Balaban J connectivity index is 1.60. The summed E-state index contributed by atoms with van der Waals surface area (Å²) in [4.78, 5) is 24.4. The van der Waals surface area contributed by atoms with Crippen molar-refractivity contribution in [2.24, 2.45) is 0 Å². The predicted octanol–water partition coefficient (Wildman–Crippen LogP) is 2.50. The molecule has 27 heavy (non-hydrogen) atoms. The fourth-order valence-corrected chi connectivity index (χ4v) is 2.71. The Bertz CT molecular complexity index is 803. The summed E-state index contributed by atoms with van der Waals surface area (Å²) in [6.07, 6.45) is 0. The summed E-state index contributed by atoms with van der Waals surface area (Å²) in [5.41, 5.74) is 1.19. The number of benzene rings is 2. The molecule has 0 fully saturated rings. The molecule has 0 spiro atoms. The number of hydrogen-bond donors (Lipinski definition) is 1. The van der Waals surface area contributed by atoms with Gasteiger partial charge in [0.15, 0.2) is 18.1 Å². The molecular formula is C20H21NO6. The van der Waals surface area contributed by atoms with Gasteiger partial charge in [0.2, 0.25) is 5.75 Å². The standard InChI is InChI=1S/C20H21NO6/c1-13(14-6-4-3-5-7-14)21-18(22)12-27-20(23)15-10-16(24-2)19-17(11-15)25-8-9-26-19/h3-7,10-11,13H,8-9,12H2,1-2H3,(H,21,22)/t13-/m0/s1. The lowest BCUT2D eigenvalue weighted by atomic mass is 10.1. The van der Waals surface area contributed by atoms with Gasteiger partial charge in [-0.1, -0.05) is 30.3 Å². The smallest absolute Gasteiger partial charge is 0.338 e. The molecule has 0 aromatic heterocycles. The topological polar surface area (TPSA) is 83.1 Å². The fraction of sp³-hybridized carbons (Fsp3) is 0.300. The summed E-state index contributed by atoms with van der Waals surface area (Å²) in [6, 6.07) is 12.4. The van der Waals surface area contributed by atoms with Gasteiger partial charge < -0.3 is 24.3 Å². The summed E-state index contributed by atoms with van der Waals surface area (Å²) < 4.78 is 21.3. The van der Waals surface area contributed by atoms with Crippen LogP contribution in [0.1, 0.15) is 28.9 Å². The highest BCUT2D eigenvalue weighted by Gasteiger charge is 2.22. The second kappa shape index (κ2) is 8.44. The molecule has 0 bridgehead atoms. The van der Waals surface area contributed by atoms with E-state index in [1.165, 1.54) is 19.2 Å². The second-order valence-electron chi connectivity index (χ2n) is 5.98. The number of carbonyl (C=O) groups is 2. The maximum atomic E-state index is 12.3. The molecule has 0 unspecified atom stereocenters. The molecule has 142 valence electrons. The van der Waals surface area contributed by atoms with Gasteiger partial charge >= 0.3 is 5.97 Å². The van der Waals surface area contributed by atoms with Crippen molar-refractivity contribution in [1.29, 1.82) is 0 Å². The summed E-state index contributed by atoms with van der Waals surface area (Å²) in [5, 5.41) is 2.79. The highest BCUT2D eigenvalue weighted by Crippen LogP contribution is 2.40. The largest absolute Gasteiger partial charge is 0.493 e. The van der Waals surface area contributed by atoms with Gasteiger partial charge in [-0.25, -0.2) is 4.79 Å². The van der Waals surface area contributed by atoms with E-state index in [1.54, 1.807) is 0 Å². The van der Waals surface area contributed by atoms with E-state index in [-0.39, 0.29) is 24.1 Å². The van der Waals surface area contributed by atoms with Crippen LogP contribution in [-0.4, -0.2) is 38.8 Å². The third-order valence-electron chi connectivity index (χ3n) is 4.08. The maximum absolute atomic E-state index is 12.3. The normalized spacial score (nSPS) is 13.4. The van der Waals surface area contributed by atoms with E-state index < -0.39 is 5.97 Å². The fourth-order valence-electron chi connectivity index (χ4n) is 2.71. The van der Waals surface area contributed by atoms with Crippen LogP contribution >= 0.6 is 0 Å². The highest BCUT2D eigenvalue weighted by atomic mass is 16.6. The molecule has 7 heteroatoms. The number of ether oxygens (including phenoxy) is 4. The zero-order valence-electron chi connectivity index (χ0n) is 15.2. The molecule has 2 aromatic rings. The molecular weight excluding hydrogens is 350 g/mol. The average Bonchev–Trinajstić information content (AvgIpc) is 2.71. The third-order valence-corrected chi connectivity index (χ3v) is 4.08. The zero-order chi connectivity index (χ0) is 19.2. The van der Waals surface area contributed by atoms with Gasteiger partial charge in [-0.05, 0) is 24.6 Å². The van der Waals surface area contributed by atoms with E-state index in [4.69, 9.17) is 18.9 Å². The van der Waals surface area contributed by atoms with E-state index in [0.717, 1.165) is 5.56 Å². The average molecular weight is 371 g/mol. The quantitative estimate of drug-likeness (QED) is 0.786. The molecule has 0 saturated heterocycles. The van der Waals surface area contributed by atoms with E-state index in [1.807, 2.05) is 37.3 Å². The first-order valence-electron chi connectivity index (χ1n) is 8.57. The number of methoxy groups -OCH3 is 1. The molecule has 1 N–H and O–H groups in total. The SMILES string of the molecule is COc1cc(C(=O)OCC(=O)N[C@@H](C)c2ccccc2)cc2c1OCCO2. The monoisotopic (exact) mass is 371 g/mol. The van der Waals surface area contributed by atoms with Crippen molar-refractivity contribution >= 4 is 11.9 Å². The Hall–Kier alpha value is -3.22. The lowest BCUT2D eigenvalue weighted by molar-refractivity contribution is -0.124. The van der Waals surface area contributed by atoms with Crippen molar-refractivity contribution in [1.82, 2.24) is 5.32 Å². The van der Waals surface area contributed by atoms with Crippen LogP contribution in [0.25, 0.3) is 0 Å². The Morgan fingerprint density at radius 2 is 1.89 bits per heavy atom. The lowest BCUT2D eigenvalue weighted by Crippen LogP contribution is -2.31. The number of carbonyl (C=O) groups excluding carboxylic acids is 2. The minimum atomic E-state index is -0.646.